The molecule has 2 N–H and O–H groups in total. The summed E-state index contributed by atoms with van der Waals surface area (Å²) in [7, 11) is 0. The maximum Gasteiger partial charge on any atom is 0.128 e. The van der Waals surface area contributed by atoms with Crippen molar-refractivity contribution in [2.24, 2.45) is 5.41 Å². The van der Waals surface area contributed by atoms with E-state index in [1.807, 2.05) is 34.3 Å². The third kappa shape index (κ3) is 4.41. The number of unbranched alkanes of at least 4 members (excludes halogenated alkanes) is 1. The van der Waals surface area contributed by atoms with Crippen molar-refractivity contribution < 1.29 is 14.9 Å². The number of rotatable bonds is 10. The van der Waals surface area contributed by atoms with Gasteiger partial charge in [0.2, 0.25) is 0 Å². The summed E-state index contributed by atoms with van der Waals surface area (Å²) in [5.74, 6) is 0. The highest BCUT2D eigenvalue weighted by atomic mass is 32.1. The van der Waals surface area contributed by atoms with Crippen molar-refractivity contribution in [1.82, 2.24) is 5.01 Å². The zero-order valence-electron chi connectivity index (χ0n) is 17.1. The van der Waals surface area contributed by atoms with Crippen LogP contribution >= 0.6 is 12.2 Å². The fourth-order valence-electron chi connectivity index (χ4n) is 4.40. The summed E-state index contributed by atoms with van der Waals surface area (Å²) in [6.07, 6.45) is 6.62. The van der Waals surface area contributed by atoms with E-state index < -0.39 is 12.2 Å². The van der Waals surface area contributed by atoms with Gasteiger partial charge >= 0.3 is 0 Å². The van der Waals surface area contributed by atoms with Gasteiger partial charge in [0.25, 0.3) is 0 Å². The van der Waals surface area contributed by atoms with Crippen LogP contribution < -0.4 is 5.01 Å². The van der Waals surface area contributed by atoms with Gasteiger partial charge in [-0.25, -0.2) is 0 Å². The smallest absolute Gasteiger partial charge is 0.128 e. The van der Waals surface area contributed by atoms with Crippen LogP contribution in [-0.2, 0) is 4.74 Å². The van der Waals surface area contributed by atoms with Crippen molar-refractivity contribution in [3.63, 3.8) is 0 Å². The van der Waals surface area contributed by atoms with Crippen LogP contribution in [0.15, 0.2) is 24.3 Å². The van der Waals surface area contributed by atoms with Crippen molar-refractivity contribution >= 4 is 22.9 Å². The van der Waals surface area contributed by atoms with Gasteiger partial charge in [-0.05, 0) is 43.4 Å². The number of benzene rings is 1. The van der Waals surface area contributed by atoms with Crippen LogP contribution in [0.3, 0.4) is 0 Å². The van der Waals surface area contributed by atoms with Crippen LogP contribution in [0.1, 0.15) is 70.5 Å². The number of anilines is 1. The van der Waals surface area contributed by atoms with Crippen molar-refractivity contribution in [2.75, 3.05) is 24.9 Å². The predicted molar refractivity (Wildman–Crippen MR) is 116 cm³/mol. The van der Waals surface area contributed by atoms with Crippen molar-refractivity contribution in [2.45, 2.75) is 71.0 Å². The first kappa shape index (κ1) is 21.7. The Balaban J connectivity index is 1.70. The van der Waals surface area contributed by atoms with E-state index in [0.29, 0.717) is 24.9 Å². The average molecular weight is 407 g/mol. The highest BCUT2D eigenvalue weighted by Gasteiger charge is 2.43. The molecule has 1 aromatic rings. The highest BCUT2D eigenvalue weighted by Crippen LogP contribution is 2.53. The third-order valence-corrected chi connectivity index (χ3v) is 6.62. The molecule has 5 nitrogen and oxygen atoms in total. The Morgan fingerprint density at radius 2 is 1.93 bits per heavy atom. The van der Waals surface area contributed by atoms with Gasteiger partial charge in [-0.15, -0.1) is 0 Å². The zero-order valence-corrected chi connectivity index (χ0v) is 18.0. The molecule has 0 spiro atoms. The summed E-state index contributed by atoms with van der Waals surface area (Å²) in [5, 5.41) is 25.0. The maximum absolute atomic E-state index is 11.0. The predicted octanol–water partition coefficient (Wildman–Crippen LogP) is 4.19. The Kier molecular flexibility index (Phi) is 7.45. The Bertz CT molecular complexity index is 648. The van der Waals surface area contributed by atoms with E-state index in [9.17, 15) is 10.2 Å². The van der Waals surface area contributed by atoms with E-state index in [2.05, 4.69) is 13.8 Å². The SMILES string of the molecule is CCCCOCN1CC(O)C(=S)N1c1ccc(C(O)C2(CCC)CCC2)cc1. The number of nitrogens with zero attached hydrogens (tertiary/aromatic N) is 2. The van der Waals surface area contributed by atoms with E-state index in [4.69, 9.17) is 17.0 Å². The fourth-order valence-corrected chi connectivity index (χ4v) is 4.69. The van der Waals surface area contributed by atoms with Crippen LogP contribution in [0.4, 0.5) is 5.69 Å². The molecular weight excluding hydrogens is 372 g/mol. The summed E-state index contributed by atoms with van der Waals surface area (Å²) < 4.78 is 5.74. The molecule has 0 aromatic heterocycles. The molecule has 1 aromatic carbocycles. The maximum atomic E-state index is 11.0. The van der Waals surface area contributed by atoms with Gasteiger partial charge in [-0.1, -0.05) is 57.5 Å². The van der Waals surface area contributed by atoms with E-state index in [1.54, 1.807) is 0 Å². The molecule has 6 heteroatoms. The molecular formula is C22H34N2O3S. The minimum absolute atomic E-state index is 0.0502. The Morgan fingerprint density at radius 1 is 1.21 bits per heavy atom. The van der Waals surface area contributed by atoms with Crippen molar-refractivity contribution in [1.29, 1.82) is 0 Å². The van der Waals surface area contributed by atoms with Crippen LogP contribution in [0.2, 0.25) is 0 Å². The lowest BCUT2D eigenvalue weighted by Gasteiger charge is -2.46. The molecule has 0 bridgehead atoms. The summed E-state index contributed by atoms with van der Waals surface area (Å²) in [6, 6.07) is 7.97. The van der Waals surface area contributed by atoms with Gasteiger partial charge in [-0.2, -0.15) is 5.01 Å². The minimum Gasteiger partial charge on any atom is -0.388 e. The topological polar surface area (TPSA) is 56.2 Å². The van der Waals surface area contributed by atoms with E-state index in [0.717, 1.165) is 49.8 Å². The quantitative estimate of drug-likeness (QED) is 0.449. The largest absolute Gasteiger partial charge is 0.388 e. The monoisotopic (exact) mass is 406 g/mol. The standard InChI is InChI=1S/C22H34N2O3S/c1-3-5-14-27-16-23-15-19(25)21(28)24(23)18-9-7-17(8-10-18)20(26)22(11-4-2)12-6-13-22/h7-10,19-20,25-26H,3-6,11-16H2,1-2H3. The molecule has 156 valence electrons. The normalized spacial score (nSPS) is 23.1. The molecule has 0 radical (unpaired) electrons. The lowest BCUT2D eigenvalue weighted by molar-refractivity contribution is -0.0440. The highest BCUT2D eigenvalue weighted by molar-refractivity contribution is 7.80. The molecule has 1 saturated carbocycles. The molecule has 1 saturated heterocycles. The Hall–Kier alpha value is -1.05. The molecule has 2 unspecified atom stereocenters. The number of hydrogen-bond donors (Lipinski definition) is 2. The summed E-state index contributed by atoms with van der Waals surface area (Å²) >= 11 is 5.46. The number of aliphatic hydroxyl groups is 2. The van der Waals surface area contributed by atoms with Crippen LogP contribution in [0, 0.1) is 5.41 Å². The lowest BCUT2D eigenvalue weighted by atomic mass is 9.61. The van der Waals surface area contributed by atoms with E-state index in [1.165, 1.54) is 6.42 Å². The minimum atomic E-state index is -0.669. The Labute approximate surface area is 174 Å². The Morgan fingerprint density at radius 3 is 2.50 bits per heavy atom. The van der Waals surface area contributed by atoms with E-state index in [-0.39, 0.29) is 5.41 Å². The second kappa shape index (κ2) is 9.63. The molecule has 2 aliphatic rings. The summed E-state index contributed by atoms with van der Waals surface area (Å²) in [5.41, 5.74) is 1.91. The van der Waals surface area contributed by atoms with Crippen LogP contribution in [-0.4, -0.2) is 46.2 Å². The summed E-state index contributed by atoms with van der Waals surface area (Å²) in [6.45, 7) is 5.87. The van der Waals surface area contributed by atoms with Crippen molar-refractivity contribution in [3.05, 3.63) is 29.8 Å². The number of aliphatic hydroxyl groups excluding tert-OH is 2. The number of ether oxygens (including phenoxy) is 1. The molecule has 1 aliphatic heterocycles. The molecule has 28 heavy (non-hydrogen) atoms. The number of thiocarbonyl (C=S) groups is 1. The molecule has 2 atom stereocenters. The molecule has 1 heterocycles. The van der Waals surface area contributed by atoms with Gasteiger partial charge in [0.15, 0.2) is 0 Å². The third-order valence-electron chi connectivity index (χ3n) is 6.17. The first-order valence-corrected chi connectivity index (χ1v) is 11.1. The fraction of sp³-hybridized carbons (Fsp3) is 0.682. The zero-order chi connectivity index (χ0) is 20.1. The van der Waals surface area contributed by atoms with Gasteiger partial charge in [0.05, 0.1) is 18.3 Å². The first-order valence-electron chi connectivity index (χ1n) is 10.6. The second-order valence-corrected chi connectivity index (χ2v) is 8.62. The van der Waals surface area contributed by atoms with Crippen molar-refractivity contribution in [3.8, 4) is 0 Å². The van der Waals surface area contributed by atoms with Crippen LogP contribution in [0.25, 0.3) is 0 Å². The van der Waals surface area contributed by atoms with E-state index >= 15 is 0 Å². The number of hydrogen-bond acceptors (Lipinski definition) is 5. The van der Waals surface area contributed by atoms with Gasteiger partial charge in [0.1, 0.15) is 17.8 Å². The molecule has 1 aliphatic carbocycles. The first-order chi connectivity index (χ1) is 13.5. The lowest BCUT2D eigenvalue weighted by Crippen LogP contribution is -2.40. The molecule has 2 fully saturated rings. The average Bonchev–Trinajstić information content (AvgIpc) is 2.95. The number of β-amino-alcohol motifs (C(OH)–C–C–N with tert-alkyl or cyclic N) is 1. The molecule has 0 amide bonds. The van der Waals surface area contributed by atoms with Gasteiger partial charge < -0.3 is 14.9 Å². The molecule has 3 rings (SSSR count). The van der Waals surface area contributed by atoms with Crippen LogP contribution in [0.5, 0.6) is 0 Å². The van der Waals surface area contributed by atoms with Gasteiger partial charge in [0, 0.05) is 12.0 Å². The summed E-state index contributed by atoms with van der Waals surface area (Å²) in [4.78, 5) is 0.494. The van der Waals surface area contributed by atoms with Gasteiger partial charge in [-0.3, -0.25) is 5.01 Å². The second-order valence-electron chi connectivity index (χ2n) is 8.21. The number of hydrazine groups is 1.